The van der Waals surface area contributed by atoms with Crippen molar-refractivity contribution in [2.45, 2.75) is 0 Å². The van der Waals surface area contributed by atoms with Gasteiger partial charge in [-0.15, -0.1) is 0 Å². The third-order valence-electron chi connectivity index (χ3n) is 3.35. The summed E-state index contributed by atoms with van der Waals surface area (Å²) in [6.07, 6.45) is 2.14. The van der Waals surface area contributed by atoms with E-state index in [1.165, 1.54) is 37.4 Å². The predicted octanol–water partition coefficient (Wildman–Crippen LogP) is 1.75. The Kier molecular flexibility index (Phi) is 6.29. The minimum absolute atomic E-state index is 0.197. The highest BCUT2D eigenvalue weighted by Gasteiger charge is 2.20. The van der Waals surface area contributed by atoms with Gasteiger partial charge in [-0.25, -0.2) is 18.2 Å². The molecular weight excluding hydrogens is 361 g/mol. The largest absolute Gasteiger partial charge is 0.497 e. The number of hydrazone groups is 1. The first-order valence-electron chi connectivity index (χ1n) is 7.49. The van der Waals surface area contributed by atoms with Crippen LogP contribution in [0.4, 0.5) is 10.1 Å². The minimum atomic E-state index is -3.70. The molecule has 0 heterocycles. The fourth-order valence-corrected chi connectivity index (χ4v) is 2.92. The Hall–Kier alpha value is -2.94. The van der Waals surface area contributed by atoms with Crippen molar-refractivity contribution in [2.75, 3.05) is 24.2 Å². The third kappa shape index (κ3) is 5.28. The second kappa shape index (κ2) is 8.43. The molecule has 0 aliphatic rings. The first kappa shape index (κ1) is 19.4. The standard InChI is InChI=1S/C17H18FN3O4S/c1-25-15-9-7-14(8-10-15)21(26(2,23)24)12-17(22)20-19-11-13-5-3-4-6-16(13)18/h3-11H,12H2,1-2H3,(H,20,22)/b19-11-. The van der Waals surface area contributed by atoms with Crippen molar-refractivity contribution in [3.63, 3.8) is 0 Å². The highest BCUT2D eigenvalue weighted by atomic mass is 32.2. The Morgan fingerprint density at radius 1 is 1.23 bits per heavy atom. The highest BCUT2D eigenvalue weighted by Crippen LogP contribution is 2.21. The van der Waals surface area contributed by atoms with Crippen LogP contribution in [0.25, 0.3) is 0 Å². The van der Waals surface area contributed by atoms with Gasteiger partial charge in [0.15, 0.2) is 0 Å². The van der Waals surface area contributed by atoms with Crippen LogP contribution in [-0.2, 0) is 14.8 Å². The van der Waals surface area contributed by atoms with Gasteiger partial charge in [-0.1, -0.05) is 18.2 Å². The molecule has 0 fully saturated rings. The van der Waals surface area contributed by atoms with Crippen LogP contribution in [0.1, 0.15) is 5.56 Å². The molecule has 7 nitrogen and oxygen atoms in total. The van der Waals surface area contributed by atoms with Gasteiger partial charge in [0.2, 0.25) is 10.0 Å². The molecule has 138 valence electrons. The molecule has 0 saturated carbocycles. The monoisotopic (exact) mass is 379 g/mol. The molecule has 0 saturated heterocycles. The van der Waals surface area contributed by atoms with Crippen LogP contribution in [0, 0.1) is 5.82 Å². The van der Waals surface area contributed by atoms with Gasteiger partial charge >= 0.3 is 0 Å². The van der Waals surface area contributed by atoms with Gasteiger partial charge in [0.25, 0.3) is 5.91 Å². The van der Waals surface area contributed by atoms with E-state index in [-0.39, 0.29) is 5.56 Å². The minimum Gasteiger partial charge on any atom is -0.497 e. The Labute approximate surface area is 151 Å². The molecule has 2 aromatic carbocycles. The molecule has 0 spiro atoms. The fraction of sp³-hybridized carbons (Fsp3) is 0.176. The van der Waals surface area contributed by atoms with Gasteiger partial charge in [-0.05, 0) is 30.3 Å². The lowest BCUT2D eigenvalue weighted by molar-refractivity contribution is -0.119. The highest BCUT2D eigenvalue weighted by molar-refractivity contribution is 7.92. The summed E-state index contributed by atoms with van der Waals surface area (Å²) in [7, 11) is -2.21. The molecule has 0 unspecified atom stereocenters. The van der Waals surface area contributed by atoms with Crippen LogP contribution in [0.15, 0.2) is 53.6 Å². The number of halogens is 1. The number of methoxy groups -OCH3 is 1. The molecule has 0 radical (unpaired) electrons. The normalized spacial score (nSPS) is 11.3. The molecule has 0 aliphatic carbocycles. The maximum atomic E-state index is 13.5. The second-order valence-corrected chi connectivity index (χ2v) is 7.19. The quantitative estimate of drug-likeness (QED) is 0.586. The van der Waals surface area contributed by atoms with Crippen LogP contribution in [0.2, 0.25) is 0 Å². The molecule has 1 N–H and O–H groups in total. The third-order valence-corrected chi connectivity index (χ3v) is 4.49. The fourth-order valence-electron chi connectivity index (χ4n) is 2.07. The number of nitrogens with one attached hydrogen (secondary N) is 1. The lowest BCUT2D eigenvalue weighted by Gasteiger charge is -2.21. The molecule has 0 atom stereocenters. The molecule has 2 rings (SSSR count). The van der Waals surface area contributed by atoms with E-state index in [1.54, 1.807) is 18.2 Å². The van der Waals surface area contributed by atoms with Gasteiger partial charge in [-0.3, -0.25) is 9.10 Å². The zero-order valence-corrected chi connectivity index (χ0v) is 15.0. The summed E-state index contributed by atoms with van der Waals surface area (Å²) in [4.78, 5) is 12.0. The van der Waals surface area contributed by atoms with Crippen molar-refractivity contribution < 1.29 is 22.3 Å². The van der Waals surface area contributed by atoms with Crippen molar-refractivity contribution in [1.29, 1.82) is 0 Å². The smallest absolute Gasteiger partial charge is 0.260 e. The van der Waals surface area contributed by atoms with Gasteiger partial charge in [-0.2, -0.15) is 5.10 Å². The first-order chi connectivity index (χ1) is 12.3. The number of anilines is 1. The van der Waals surface area contributed by atoms with E-state index in [0.717, 1.165) is 16.8 Å². The Morgan fingerprint density at radius 2 is 1.88 bits per heavy atom. The van der Waals surface area contributed by atoms with E-state index in [4.69, 9.17) is 4.74 Å². The lowest BCUT2D eigenvalue weighted by Crippen LogP contribution is -2.39. The summed E-state index contributed by atoms with van der Waals surface area (Å²) in [5, 5.41) is 3.65. The molecule has 9 heteroatoms. The van der Waals surface area contributed by atoms with Crippen molar-refractivity contribution in [3.8, 4) is 5.75 Å². The zero-order chi connectivity index (χ0) is 19.2. The molecule has 2 aromatic rings. The number of carbonyl (C=O) groups excluding carboxylic acids is 1. The van der Waals surface area contributed by atoms with Crippen LogP contribution in [-0.4, -0.2) is 40.4 Å². The van der Waals surface area contributed by atoms with E-state index in [9.17, 15) is 17.6 Å². The summed E-state index contributed by atoms with van der Waals surface area (Å²) in [6, 6.07) is 12.1. The number of sulfonamides is 1. The number of benzene rings is 2. The van der Waals surface area contributed by atoms with Gasteiger partial charge < -0.3 is 4.74 Å². The molecule has 0 aliphatic heterocycles. The predicted molar refractivity (Wildman–Crippen MR) is 97.3 cm³/mol. The maximum absolute atomic E-state index is 13.5. The lowest BCUT2D eigenvalue weighted by atomic mass is 10.2. The SMILES string of the molecule is COc1ccc(N(CC(=O)N/N=C\c2ccccc2F)S(C)(=O)=O)cc1. The number of carbonyl (C=O) groups is 1. The summed E-state index contributed by atoms with van der Waals surface area (Å²) in [5.41, 5.74) is 2.69. The van der Waals surface area contributed by atoms with Crippen LogP contribution in [0.5, 0.6) is 5.75 Å². The number of ether oxygens (including phenoxy) is 1. The number of amides is 1. The van der Waals surface area contributed by atoms with E-state index < -0.39 is 28.3 Å². The topological polar surface area (TPSA) is 88.1 Å². The number of hydrogen-bond donors (Lipinski definition) is 1. The van der Waals surface area contributed by atoms with E-state index >= 15 is 0 Å². The average molecular weight is 379 g/mol. The molecule has 26 heavy (non-hydrogen) atoms. The summed E-state index contributed by atoms with van der Waals surface area (Å²) < 4.78 is 43.4. The van der Waals surface area contributed by atoms with E-state index in [1.807, 2.05) is 0 Å². The zero-order valence-electron chi connectivity index (χ0n) is 14.2. The summed E-state index contributed by atoms with van der Waals surface area (Å²) in [5.74, 6) is -0.596. The van der Waals surface area contributed by atoms with Crippen molar-refractivity contribution in [2.24, 2.45) is 5.10 Å². The van der Waals surface area contributed by atoms with Crippen molar-refractivity contribution in [1.82, 2.24) is 5.43 Å². The molecule has 0 bridgehead atoms. The molecular formula is C17H18FN3O4S. The van der Waals surface area contributed by atoms with Crippen molar-refractivity contribution in [3.05, 3.63) is 59.9 Å². The second-order valence-electron chi connectivity index (χ2n) is 5.28. The Balaban J connectivity index is 2.08. The Bertz CT molecular complexity index is 898. The van der Waals surface area contributed by atoms with Crippen LogP contribution in [0.3, 0.4) is 0 Å². The van der Waals surface area contributed by atoms with E-state index in [2.05, 4.69) is 10.5 Å². The van der Waals surface area contributed by atoms with Crippen LogP contribution < -0.4 is 14.5 Å². The van der Waals surface area contributed by atoms with Crippen molar-refractivity contribution >= 4 is 27.8 Å². The molecule has 1 amide bonds. The first-order valence-corrected chi connectivity index (χ1v) is 9.34. The van der Waals surface area contributed by atoms with Gasteiger partial charge in [0.1, 0.15) is 18.1 Å². The maximum Gasteiger partial charge on any atom is 0.260 e. The number of rotatable bonds is 7. The Morgan fingerprint density at radius 3 is 2.46 bits per heavy atom. The summed E-state index contributed by atoms with van der Waals surface area (Å²) >= 11 is 0. The van der Waals surface area contributed by atoms with Gasteiger partial charge in [0, 0.05) is 5.56 Å². The van der Waals surface area contributed by atoms with Crippen LogP contribution >= 0.6 is 0 Å². The van der Waals surface area contributed by atoms with Gasteiger partial charge in [0.05, 0.1) is 25.3 Å². The average Bonchev–Trinajstić information content (AvgIpc) is 2.60. The number of hydrogen-bond acceptors (Lipinski definition) is 5. The summed E-state index contributed by atoms with van der Waals surface area (Å²) in [6.45, 7) is -0.472. The molecule has 0 aromatic heterocycles. The number of nitrogens with zero attached hydrogens (tertiary/aromatic N) is 2. The van der Waals surface area contributed by atoms with E-state index in [0.29, 0.717) is 11.4 Å².